The number of hydrogen-bond donors (Lipinski definition) is 0. The number of carbonyl (C=O) groups is 1. The molecule has 0 aliphatic rings. The molecule has 0 aliphatic heterocycles. The Labute approximate surface area is 111 Å². The van der Waals surface area contributed by atoms with Crippen LogP contribution in [0.15, 0.2) is 24.3 Å². The van der Waals surface area contributed by atoms with Crippen LogP contribution in [0.4, 0.5) is 0 Å². The molecule has 0 unspecified atom stereocenters. The van der Waals surface area contributed by atoms with Crippen molar-refractivity contribution in [2.75, 3.05) is 6.54 Å². The number of benzene rings is 1. The first-order valence-electron chi connectivity index (χ1n) is 5.78. The van der Waals surface area contributed by atoms with Crippen molar-refractivity contribution in [2.24, 2.45) is 11.8 Å². The van der Waals surface area contributed by atoms with Crippen LogP contribution >= 0.6 is 11.6 Å². The van der Waals surface area contributed by atoms with Crippen molar-refractivity contribution >= 4 is 17.9 Å². The minimum atomic E-state index is -0.408. The standard InChI is InChI=1S/C13H16ClNO3/c1-9(2)13(8-16)12(7-15(17)18)10-3-5-11(14)6-4-10/h3-6,8-9,12-13H,7H2,1-2H3/t12-,13-/m1/s1. The number of nitro groups is 1. The smallest absolute Gasteiger partial charge is 0.211 e. The van der Waals surface area contributed by atoms with E-state index in [0.29, 0.717) is 5.02 Å². The number of aldehydes is 1. The van der Waals surface area contributed by atoms with E-state index in [1.54, 1.807) is 24.3 Å². The summed E-state index contributed by atoms with van der Waals surface area (Å²) in [4.78, 5) is 21.5. The molecule has 0 fully saturated rings. The van der Waals surface area contributed by atoms with Crippen LogP contribution < -0.4 is 0 Å². The van der Waals surface area contributed by atoms with Crippen LogP contribution in [0.2, 0.25) is 5.02 Å². The first-order chi connectivity index (χ1) is 8.45. The minimum absolute atomic E-state index is 0.0585. The van der Waals surface area contributed by atoms with Gasteiger partial charge in [-0.1, -0.05) is 37.6 Å². The van der Waals surface area contributed by atoms with Crippen LogP contribution in [0, 0.1) is 22.0 Å². The minimum Gasteiger partial charge on any atom is -0.303 e. The van der Waals surface area contributed by atoms with E-state index < -0.39 is 5.92 Å². The van der Waals surface area contributed by atoms with Gasteiger partial charge in [-0.3, -0.25) is 10.1 Å². The van der Waals surface area contributed by atoms with Crippen molar-refractivity contribution in [1.29, 1.82) is 0 Å². The molecule has 98 valence electrons. The first kappa shape index (κ1) is 14.6. The maximum Gasteiger partial charge on any atom is 0.211 e. The average Bonchev–Trinajstić information content (AvgIpc) is 2.28. The van der Waals surface area contributed by atoms with Crippen LogP contribution in [0.25, 0.3) is 0 Å². The molecule has 0 spiro atoms. The van der Waals surface area contributed by atoms with Gasteiger partial charge in [0.1, 0.15) is 6.29 Å². The second-order valence-electron chi connectivity index (χ2n) is 4.63. The Morgan fingerprint density at radius 2 is 1.89 bits per heavy atom. The molecule has 0 radical (unpaired) electrons. The third-order valence-electron chi connectivity index (χ3n) is 3.04. The van der Waals surface area contributed by atoms with Crippen molar-refractivity contribution in [3.8, 4) is 0 Å². The van der Waals surface area contributed by atoms with E-state index in [4.69, 9.17) is 11.6 Å². The molecule has 0 amide bonds. The largest absolute Gasteiger partial charge is 0.303 e. The highest BCUT2D eigenvalue weighted by molar-refractivity contribution is 6.30. The summed E-state index contributed by atoms with van der Waals surface area (Å²) in [6.07, 6.45) is 0.813. The molecule has 18 heavy (non-hydrogen) atoms. The van der Waals surface area contributed by atoms with Gasteiger partial charge in [0.05, 0.1) is 5.92 Å². The third-order valence-corrected chi connectivity index (χ3v) is 3.29. The number of hydrogen-bond acceptors (Lipinski definition) is 3. The summed E-state index contributed by atoms with van der Waals surface area (Å²) in [5.41, 5.74) is 0.780. The Kier molecular flexibility index (Phi) is 5.28. The SMILES string of the molecule is CC(C)[C@@H](C=O)[C@H](C[N+](=O)[O-])c1ccc(Cl)cc1. The number of carbonyl (C=O) groups excluding carboxylic acids is 1. The summed E-state index contributed by atoms with van der Waals surface area (Å²) >= 11 is 5.79. The normalized spacial score (nSPS) is 14.2. The van der Waals surface area contributed by atoms with Crippen LogP contribution in [-0.2, 0) is 4.79 Å². The van der Waals surface area contributed by atoms with Crippen molar-refractivity contribution in [1.82, 2.24) is 0 Å². The van der Waals surface area contributed by atoms with Gasteiger partial charge in [-0.15, -0.1) is 0 Å². The number of halogens is 1. The Morgan fingerprint density at radius 1 is 1.33 bits per heavy atom. The monoisotopic (exact) mass is 269 g/mol. The topological polar surface area (TPSA) is 60.2 Å². The highest BCUT2D eigenvalue weighted by Gasteiger charge is 2.29. The first-order valence-corrected chi connectivity index (χ1v) is 6.16. The maximum atomic E-state index is 11.2. The van der Waals surface area contributed by atoms with Gasteiger partial charge in [-0.2, -0.15) is 0 Å². The zero-order chi connectivity index (χ0) is 13.7. The Balaban J connectivity index is 3.07. The quantitative estimate of drug-likeness (QED) is 0.453. The molecule has 0 bridgehead atoms. The molecular formula is C13H16ClNO3. The molecule has 4 nitrogen and oxygen atoms in total. The van der Waals surface area contributed by atoms with E-state index in [2.05, 4.69) is 0 Å². The average molecular weight is 270 g/mol. The lowest BCUT2D eigenvalue weighted by molar-refractivity contribution is -0.484. The van der Waals surface area contributed by atoms with Crippen molar-refractivity contribution in [3.05, 3.63) is 45.0 Å². The van der Waals surface area contributed by atoms with Gasteiger partial charge < -0.3 is 4.79 Å². The Morgan fingerprint density at radius 3 is 2.28 bits per heavy atom. The van der Waals surface area contributed by atoms with Crippen molar-refractivity contribution in [2.45, 2.75) is 19.8 Å². The fraction of sp³-hybridized carbons (Fsp3) is 0.462. The number of nitrogens with zero attached hydrogens (tertiary/aromatic N) is 1. The summed E-state index contributed by atoms with van der Waals surface area (Å²) < 4.78 is 0. The van der Waals surface area contributed by atoms with Crippen LogP contribution in [0.3, 0.4) is 0 Å². The van der Waals surface area contributed by atoms with E-state index in [0.717, 1.165) is 11.8 Å². The summed E-state index contributed by atoms with van der Waals surface area (Å²) in [6.45, 7) is 3.53. The molecular weight excluding hydrogens is 254 g/mol. The van der Waals surface area contributed by atoms with E-state index in [1.807, 2.05) is 13.8 Å². The van der Waals surface area contributed by atoms with Gasteiger partial charge in [0.25, 0.3) is 0 Å². The lowest BCUT2D eigenvalue weighted by atomic mass is 9.80. The van der Waals surface area contributed by atoms with E-state index >= 15 is 0 Å². The molecule has 0 N–H and O–H groups in total. The summed E-state index contributed by atoms with van der Waals surface area (Å²) in [5.74, 6) is -0.713. The molecule has 1 aromatic carbocycles. The van der Waals surface area contributed by atoms with Gasteiger partial charge in [0.15, 0.2) is 0 Å². The van der Waals surface area contributed by atoms with Gasteiger partial charge in [0.2, 0.25) is 6.54 Å². The van der Waals surface area contributed by atoms with Crippen LogP contribution in [0.5, 0.6) is 0 Å². The molecule has 2 atom stereocenters. The molecule has 0 saturated carbocycles. The van der Waals surface area contributed by atoms with Gasteiger partial charge >= 0.3 is 0 Å². The van der Waals surface area contributed by atoms with Crippen molar-refractivity contribution in [3.63, 3.8) is 0 Å². The van der Waals surface area contributed by atoms with Gasteiger partial charge in [-0.05, 0) is 23.6 Å². The lowest BCUT2D eigenvalue weighted by Crippen LogP contribution is -2.26. The van der Waals surface area contributed by atoms with E-state index in [-0.39, 0.29) is 23.3 Å². The fourth-order valence-electron chi connectivity index (χ4n) is 2.04. The van der Waals surface area contributed by atoms with Gasteiger partial charge in [-0.25, -0.2) is 0 Å². The molecule has 0 saturated heterocycles. The van der Waals surface area contributed by atoms with Crippen molar-refractivity contribution < 1.29 is 9.72 Å². The Bertz CT molecular complexity index is 417. The predicted octanol–water partition coefficient (Wildman–Crippen LogP) is 3.17. The van der Waals surface area contributed by atoms with Crippen LogP contribution in [0.1, 0.15) is 25.3 Å². The van der Waals surface area contributed by atoms with Crippen LogP contribution in [-0.4, -0.2) is 17.8 Å². The molecule has 0 heterocycles. The molecule has 1 aromatic rings. The fourth-order valence-corrected chi connectivity index (χ4v) is 2.16. The second kappa shape index (κ2) is 6.50. The summed E-state index contributed by atoms with van der Waals surface area (Å²) in [6, 6.07) is 6.86. The molecule has 1 rings (SSSR count). The Hall–Kier alpha value is -1.42. The molecule has 5 heteroatoms. The summed E-state index contributed by atoms with van der Waals surface area (Å²) in [7, 11) is 0. The third kappa shape index (κ3) is 3.81. The lowest BCUT2D eigenvalue weighted by Gasteiger charge is -2.23. The zero-order valence-electron chi connectivity index (χ0n) is 10.4. The number of rotatable bonds is 6. The highest BCUT2D eigenvalue weighted by Crippen LogP contribution is 2.30. The maximum absolute atomic E-state index is 11.2. The summed E-state index contributed by atoms with van der Waals surface area (Å²) in [5, 5.41) is 11.3. The van der Waals surface area contributed by atoms with Gasteiger partial charge in [0, 0.05) is 15.9 Å². The highest BCUT2D eigenvalue weighted by atomic mass is 35.5. The second-order valence-corrected chi connectivity index (χ2v) is 5.07. The molecule has 0 aromatic heterocycles. The van der Waals surface area contributed by atoms with E-state index in [1.165, 1.54) is 0 Å². The zero-order valence-corrected chi connectivity index (χ0v) is 11.1. The predicted molar refractivity (Wildman–Crippen MR) is 70.4 cm³/mol. The van der Waals surface area contributed by atoms with E-state index in [9.17, 15) is 14.9 Å². The molecule has 0 aliphatic carbocycles.